The molecule has 0 spiro atoms. The van der Waals surface area contributed by atoms with Gasteiger partial charge in [0.25, 0.3) is 25.3 Å². The summed E-state index contributed by atoms with van der Waals surface area (Å²) >= 11 is 31.9. The molecule has 9 saturated heterocycles. The third kappa shape index (κ3) is 26.5. The number of allylic oxidation sites excluding steroid dienone is 4. The monoisotopic (exact) mass is 1930 g/mol. The highest BCUT2D eigenvalue weighted by Gasteiger charge is 2.63. The first-order valence-corrected chi connectivity index (χ1v) is 82.1. The van der Waals surface area contributed by atoms with Crippen molar-refractivity contribution in [1.82, 2.24) is 76.2 Å². The molecule has 9 rings (SSSR count). The lowest BCUT2D eigenvalue weighted by Gasteiger charge is -2.64. The highest BCUT2D eigenvalue weighted by molar-refractivity contribution is 7.51. The van der Waals surface area contributed by atoms with Crippen LogP contribution >= 0.6 is 55.4 Å². The zero-order chi connectivity index (χ0) is 86.9. The molecule has 9 aliphatic heterocycles. The second-order valence-electron chi connectivity index (χ2n) is 37.5. The van der Waals surface area contributed by atoms with E-state index < -0.39 is 111 Å². The molecule has 0 aromatic rings. The Labute approximate surface area is 737 Å². The van der Waals surface area contributed by atoms with Gasteiger partial charge in [-0.1, -0.05) is 232 Å². The predicted molar refractivity (Wildman–Crippen MR) is 547 cm³/mol. The minimum absolute atomic E-state index is 0.0378. The van der Waals surface area contributed by atoms with E-state index in [1.807, 2.05) is 0 Å². The molecule has 41 heteroatoms. The first-order chi connectivity index (χ1) is 49.8. The molecule has 0 aromatic heterocycles. The molecule has 0 amide bonds. The minimum Gasteiger partial charge on any atom is -0.406 e. The molecule has 9 fully saturated rings. The van der Waals surface area contributed by atoms with Crippen LogP contribution in [0.3, 0.4) is 0 Å². The average molecular weight is 1940 g/mol. The van der Waals surface area contributed by atoms with Crippen LogP contribution < -0.4 is 0 Å². The Balaban J connectivity index is 0.000000620. The number of hydrogen-bond acceptors (Lipinski definition) is 18. The van der Waals surface area contributed by atoms with Crippen LogP contribution in [0.25, 0.3) is 0 Å². The second-order valence-corrected chi connectivity index (χ2v) is 100. The van der Waals surface area contributed by atoms with Crippen molar-refractivity contribution in [2.45, 2.75) is 378 Å². The quantitative estimate of drug-likeness (QED) is 0.0858. The highest BCUT2D eigenvalue weighted by atomic mass is 35.7. The van der Waals surface area contributed by atoms with Gasteiger partial charge in [-0.25, -0.2) is 0 Å². The molecular weight excluding hydrogens is 1760 g/mol. The van der Waals surface area contributed by atoms with Crippen molar-refractivity contribution >= 4 is 216 Å². The zero-order valence-corrected chi connectivity index (χ0v) is 104. The van der Waals surface area contributed by atoms with E-state index in [9.17, 15) is 0 Å². The van der Waals surface area contributed by atoms with Gasteiger partial charge >= 0.3 is 7.02 Å². The summed E-state index contributed by atoms with van der Waals surface area (Å²) in [4.78, 5) is 0. The van der Waals surface area contributed by atoms with Crippen LogP contribution in [0.1, 0.15) is 222 Å². The fraction of sp³-hybridized carbons (Fsp3) is 0.826. The lowest BCUT2D eigenvalue weighted by molar-refractivity contribution is 0.338. The molecular formula is C69H175Cl5N18Si18. The molecule has 110 heavy (non-hydrogen) atoms. The van der Waals surface area contributed by atoms with Gasteiger partial charge in [0.15, 0.2) is 73.0 Å². The fourth-order valence-electron chi connectivity index (χ4n) is 18.2. The summed E-state index contributed by atoms with van der Waals surface area (Å²) in [5, 5.41) is 0. The maximum absolute atomic E-state index is 6.48. The van der Waals surface area contributed by atoms with Crippen molar-refractivity contribution in [2.75, 3.05) is 0 Å². The fourth-order valence-corrected chi connectivity index (χ4v) is 109. The first-order valence-electron chi connectivity index (χ1n) is 41.9. The third-order valence-corrected chi connectivity index (χ3v) is 121. The van der Waals surface area contributed by atoms with Gasteiger partial charge in [0.05, 0.1) is 0 Å². The summed E-state index contributed by atoms with van der Waals surface area (Å²) in [6.07, 6.45) is 0. The molecule has 9 aliphatic rings. The van der Waals surface area contributed by atoms with Crippen LogP contribution in [0.2, 0.25) is 72.0 Å². The van der Waals surface area contributed by atoms with Gasteiger partial charge < -0.3 is 67.7 Å². The number of halogens is 5. The van der Waals surface area contributed by atoms with Crippen LogP contribution in [0.15, 0.2) is 73.7 Å². The Morgan fingerprint density at radius 2 is 0.564 bits per heavy atom. The summed E-state index contributed by atoms with van der Waals surface area (Å²) in [6, 6.07) is 9.36. The molecule has 0 aliphatic carbocycles. The van der Waals surface area contributed by atoms with Crippen LogP contribution in [0.4, 0.5) is 0 Å². The Kier molecular flexibility index (Phi) is 46.4. The van der Waals surface area contributed by atoms with E-state index in [2.05, 4.69) is 421 Å². The second kappa shape index (κ2) is 46.2. The maximum Gasteiger partial charge on any atom is 0.399 e. The molecule has 0 N–H and O–H groups in total. The smallest absolute Gasteiger partial charge is 0.399 e. The Morgan fingerprint density at radius 3 is 0.718 bits per heavy atom. The first kappa shape index (κ1) is 110. The molecule has 0 radical (unpaired) electrons. The van der Waals surface area contributed by atoms with Crippen molar-refractivity contribution in [3.63, 3.8) is 0 Å². The van der Waals surface area contributed by atoms with Crippen molar-refractivity contribution in [3.8, 4) is 0 Å². The van der Waals surface area contributed by atoms with E-state index >= 15 is 0 Å². The molecule has 0 saturated carbocycles. The summed E-state index contributed by atoms with van der Waals surface area (Å²) in [6.45, 7) is 122. The third-order valence-electron chi connectivity index (χ3n) is 23.5. The van der Waals surface area contributed by atoms with E-state index in [1.54, 1.807) is 0 Å². The number of rotatable bonds is 20. The molecule has 0 bridgehead atoms. The summed E-state index contributed by atoms with van der Waals surface area (Å²) < 4.78 is 46.9. The van der Waals surface area contributed by atoms with Crippen LogP contribution in [-0.4, -0.2) is 321 Å². The van der Waals surface area contributed by atoms with E-state index in [-0.39, 0.29) is 49.2 Å². The van der Waals surface area contributed by atoms with E-state index in [4.69, 9.17) is 55.4 Å². The Bertz CT molecular complexity index is 2590. The summed E-state index contributed by atoms with van der Waals surface area (Å²) in [7, 11) is -15.8. The standard InChI is InChI=1S/C11H24N2Si2.2C8H21ClN2Si2.2C8H22N2Si2.C8H18N2Si2.C6H15Cl3N2Si2.C6H18N2Si2.C6H14N2Si2/c1-8-14-12(10(3)4)15(7,9-2)13(14)11(5)6;2*1-7(2)10-12(9)11(8(3)4)13(10,5)6;1-7(2)9-11-10(8(3)4)12(9,5)6;2*1-7(2)9-11(5)10(8(3)4)12(9)6;1-5(2)10-12(7)11(6(3)4)13(10,8)9;2*1-5(2)7-9-8(10-7)6(3)4/h8-11,14H,1-2H2,3-7H3;2*7-8,12H,1-6H3;7-8H,11H2,1-6H3;7-8,11-12H,1-6H3;11-12H,1,3H2,2,4-6H3;5-6,12H,1-4H3;5-6H,9-10H2,1-4H3;1,3,9-10H2,2,4H3. The maximum atomic E-state index is 6.48. The molecule has 0 unspecified atom stereocenters. The van der Waals surface area contributed by atoms with E-state index in [1.165, 1.54) is 22.8 Å². The average Bonchev–Trinajstić information content (AvgIpc) is 0.731. The van der Waals surface area contributed by atoms with Crippen LogP contribution in [-0.2, 0) is 0 Å². The Morgan fingerprint density at radius 1 is 0.318 bits per heavy atom. The van der Waals surface area contributed by atoms with Gasteiger partial charge in [0.1, 0.15) is 0 Å². The molecule has 648 valence electrons. The highest BCUT2D eigenvalue weighted by Crippen LogP contribution is 2.43. The van der Waals surface area contributed by atoms with Gasteiger partial charge in [-0.2, -0.15) is 0 Å². The van der Waals surface area contributed by atoms with Crippen molar-refractivity contribution < 1.29 is 0 Å². The van der Waals surface area contributed by atoms with E-state index in [0.717, 1.165) is 36.3 Å². The zero-order valence-electron chi connectivity index (χ0n) is 79.1. The van der Waals surface area contributed by atoms with Gasteiger partial charge in [-0.15, -0.1) is 68.6 Å². The Hall–Kier alpha value is 2.43. The number of hydrogen-bond donors (Lipinski definition) is 0. The number of nitrogens with zero attached hydrogens (tertiary/aromatic N) is 18. The molecule has 18 nitrogen and oxygen atoms in total. The normalized spacial score (nSPS) is 27.4. The van der Waals surface area contributed by atoms with Crippen LogP contribution in [0.5, 0.6) is 0 Å². The van der Waals surface area contributed by atoms with Crippen molar-refractivity contribution in [3.05, 3.63) is 73.7 Å². The largest absolute Gasteiger partial charge is 0.406 e. The topological polar surface area (TPSA) is 58.3 Å². The van der Waals surface area contributed by atoms with Gasteiger partial charge in [0.2, 0.25) is 55.4 Å². The summed E-state index contributed by atoms with van der Waals surface area (Å²) in [5.41, 5.74) is 9.43. The van der Waals surface area contributed by atoms with Gasteiger partial charge in [-0.3, -0.25) is 8.46 Å². The molecule has 0 aromatic carbocycles. The summed E-state index contributed by atoms with van der Waals surface area (Å²) in [5.74, 6) is 0. The van der Waals surface area contributed by atoms with Crippen molar-refractivity contribution in [1.29, 1.82) is 0 Å². The lowest BCUT2D eigenvalue weighted by atomic mass is 10.4. The predicted octanol–water partition coefficient (Wildman–Crippen LogP) is 11.3. The SMILES string of the molecule is C=C(C)N1[SiH2]N(C(=C)C)[SiH2]1.C=C(C)N1[SiH](C)N(C(=C)C)[SiH]1C.C=C[SiH]1N(C(C)C)[Si](C)(C=C)N1C(C)C.CC(C)N1[SiH2]N(C(C)C)[SiH2]1.CC(C)N1[SiH2]N(C(C)C)[Si]1(C)C.CC(C)N1[SiH](C)N(C(C)C)[SiH]1C.CC(C)N1[SiH](Cl)N(C(C)C)[Si]1(C)C.CC(C)N1[SiH](Cl)N(C(C)C)[Si]1(C)C.CC(C)N1[SiH](Cl)N(C(C)C)[Si]1(Cl)Cl. The minimum atomic E-state index is -2.36. The van der Waals surface area contributed by atoms with Gasteiger partial charge in [0, 0.05) is 0 Å². The lowest BCUT2D eigenvalue weighted by Crippen LogP contribution is -2.86. The van der Waals surface area contributed by atoms with Crippen molar-refractivity contribution in [2.24, 2.45) is 0 Å². The van der Waals surface area contributed by atoms with E-state index in [0.29, 0.717) is 48.3 Å². The molecule has 0 atom stereocenters. The van der Waals surface area contributed by atoms with Gasteiger partial charge in [-0.05, 0) is 207 Å². The van der Waals surface area contributed by atoms with Crippen LogP contribution in [0, 0.1) is 0 Å². The molecule has 9 heterocycles.